The Bertz CT molecular complexity index is 955. The summed E-state index contributed by atoms with van der Waals surface area (Å²) in [4.78, 5) is 36.1. The van der Waals surface area contributed by atoms with Gasteiger partial charge in [-0.3, -0.25) is 19.7 Å². The second kappa shape index (κ2) is 8.34. The fraction of sp³-hybridized carbons (Fsp3) is 0.200. The first-order valence-electron chi connectivity index (χ1n) is 8.70. The summed E-state index contributed by atoms with van der Waals surface area (Å²) in [7, 11) is 1.51. The number of methoxy groups -OCH3 is 1. The molecule has 0 unspecified atom stereocenters. The van der Waals surface area contributed by atoms with Crippen LogP contribution in [-0.2, 0) is 9.59 Å². The summed E-state index contributed by atoms with van der Waals surface area (Å²) in [5.74, 6) is 0.157. The number of carbonyl (C=O) groups excluding carboxylic acids is 2. The van der Waals surface area contributed by atoms with Gasteiger partial charge < -0.3 is 15.0 Å². The highest BCUT2D eigenvalue weighted by Crippen LogP contribution is 2.33. The van der Waals surface area contributed by atoms with Crippen molar-refractivity contribution in [2.24, 2.45) is 0 Å². The van der Waals surface area contributed by atoms with Gasteiger partial charge in [-0.2, -0.15) is 0 Å². The molecule has 0 aromatic heterocycles. The molecule has 1 N–H and O–H groups in total. The second-order valence-corrected chi connectivity index (χ2v) is 6.21. The number of benzene rings is 2. The zero-order valence-electron chi connectivity index (χ0n) is 15.3. The lowest BCUT2D eigenvalue weighted by Gasteiger charge is -2.19. The number of amides is 2. The summed E-state index contributed by atoms with van der Waals surface area (Å²) in [6.45, 7) is 0.646. The van der Waals surface area contributed by atoms with Gasteiger partial charge in [0.2, 0.25) is 11.8 Å². The van der Waals surface area contributed by atoms with E-state index >= 15 is 0 Å². The lowest BCUT2D eigenvalue weighted by atomic mass is 10.2. The van der Waals surface area contributed by atoms with Gasteiger partial charge in [0.1, 0.15) is 5.75 Å². The van der Waals surface area contributed by atoms with E-state index in [0.29, 0.717) is 35.7 Å². The molecule has 1 aliphatic rings. The average molecular weight is 381 g/mol. The van der Waals surface area contributed by atoms with Crippen molar-refractivity contribution in [1.82, 2.24) is 0 Å². The van der Waals surface area contributed by atoms with Gasteiger partial charge in [-0.1, -0.05) is 12.1 Å². The number of ether oxygens (including phenoxy) is 1. The Kier molecular flexibility index (Phi) is 5.69. The average Bonchev–Trinajstić information content (AvgIpc) is 3.12. The number of rotatable bonds is 6. The molecular formula is C20H19N3O5. The quantitative estimate of drug-likeness (QED) is 0.469. The highest BCUT2D eigenvalue weighted by molar-refractivity contribution is 6.03. The summed E-state index contributed by atoms with van der Waals surface area (Å²) in [5.41, 5.74) is 1.69. The predicted octanol–water partition coefficient (Wildman–Crippen LogP) is 3.38. The summed E-state index contributed by atoms with van der Waals surface area (Å²) in [5, 5.41) is 13.5. The van der Waals surface area contributed by atoms with Gasteiger partial charge in [-0.05, 0) is 30.2 Å². The summed E-state index contributed by atoms with van der Waals surface area (Å²) < 4.78 is 5.37. The van der Waals surface area contributed by atoms with Crippen LogP contribution in [0.2, 0.25) is 0 Å². The molecule has 144 valence electrons. The van der Waals surface area contributed by atoms with E-state index in [-0.39, 0.29) is 11.6 Å². The molecule has 3 rings (SSSR count). The van der Waals surface area contributed by atoms with E-state index in [9.17, 15) is 19.7 Å². The SMILES string of the molecule is COc1cc(NC(=O)/C=C/c2cccc([N+](=O)[O-])c2)ccc1N1CCCC1=O. The minimum Gasteiger partial charge on any atom is -0.494 e. The zero-order valence-corrected chi connectivity index (χ0v) is 15.3. The van der Waals surface area contributed by atoms with Crippen LogP contribution in [-0.4, -0.2) is 30.4 Å². The van der Waals surface area contributed by atoms with Gasteiger partial charge >= 0.3 is 0 Å². The first-order chi connectivity index (χ1) is 13.5. The van der Waals surface area contributed by atoms with E-state index in [0.717, 1.165) is 6.42 Å². The maximum atomic E-state index is 12.2. The standard InChI is InChI=1S/C20H19N3O5/c1-28-18-13-15(8-9-17(18)22-11-3-6-20(22)25)21-19(24)10-7-14-4-2-5-16(12-14)23(26)27/h2,4-5,7-10,12-13H,3,6,11H2,1H3,(H,21,24)/b10-7+. The van der Waals surface area contributed by atoms with Gasteiger partial charge in [-0.15, -0.1) is 0 Å². The number of nitro benzene ring substituents is 1. The smallest absolute Gasteiger partial charge is 0.270 e. The Morgan fingerprint density at radius 3 is 2.79 bits per heavy atom. The molecule has 2 aromatic carbocycles. The first kappa shape index (κ1) is 19.1. The van der Waals surface area contributed by atoms with Crippen molar-refractivity contribution >= 4 is 35.0 Å². The Balaban J connectivity index is 1.71. The van der Waals surface area contributed by atoms with E-state index in [1.54, 1.807) is 35.2 Å². The normalized spacial score (nSPS) is 13.8. The molecule has 0 spiro atoms. The largest absolute Gasteiger partial charge is 0.494 e. The lowest BCUT2D eigenvalue weighted by molar-refractivity contribution is -0.384. The van der Waals surface area contributed by atoms with Gasteiger partial charge in [0.05, 0.1) is 17.7 Å². The molecule has 8 nitrogen and oxygen atoms in total. The number of hydrogen-bond donors (Lipinski definition) is 1. The predicted molar refractivity (Wildman–Crippen MR) is 105 cm³/mol. The molecule has 28 heavy (non-hydrogen) atoms. The molecule has 1 aliphatic heterocycles. The number of nitrogens with zero attached hydrogens (tertiary/aromatic N) is 2. The first-order valence-corrected chi connectivity index (χ1v) is 8.70. The van der Waals surface area contributed by atoms with Crippen molar-refractivity contribution in [2.45, 2.75) is 12.8 Å². The molecule has 0 bridgehead atoms. The maximum Gasteiger partial charge on any atom is 0.270 e. The molecular weight excluding hydrogens is 362 g/mol. The van der Waals surface area contributed by atoms with Gasteiger partial charge in [0.15, 0.2) is 0 Å². The molecule has 2 aromatic rings. The Labute approximate surface area is 161 Å². The van der Waals surface area contributed by atoms with Gasteiger partial charge in [0, 0.05) is 42.9 Å². The third-order valence-electron chi connectivity index (χ3n) is 4.32. The second-order valence-electron chi connectivity index (χ2n) is 6.21. The Hall–Kier alpha value is -3.68. The van der Waals surface area contributed by atoms with E-state index < -0.39 is 10.8 Å². The van der Waals surface area contributed by atoms with Crippen LogP contribution in [0.1, 0.15) is 18.4 Å². The van der Waals surface area contributed by atoms with E-state index in [1.165, 1.54) is 31.4 Å². The van der Waals surface area contributed by atoms with Crippen LogP contribution in [0.15, 0.2) is 48.5 Å². The molecule has 2 amide bonds. The number of carbonyl (C=O) groups is 2. The highest BCUT2D eigenvalue weighted by Gasteiger charge is 2.24. The molecule has 0 aliphatic carbocycles. The van der Waals surface area contributed by atoms with Crippen molar-refractivity contribution in [3.63, 3.8) is 0 Å². The van der Waals surface area contributed by atoms with Crippen LogP contribution in [0, 0.1) is 10.1 Å². The number of non-ortho nitro benzene ring substituents is 1. The van der Waals surface area contributed by atoms with Crippen LogP contribution in [0.5, 0.6) is 5.75 Å². The van der Waals surface area contributed by atoms with Crippen molar-refractivity contribution < 1.29 is 19.2 Å². The fourth-order valence-electron chi connectivity index (χ4n) is 2.98. The fourth-order valence-corrected chi connectivity index (χ4v) is 2.98. The van der Waals surface area contributed by atoms with Crippen LogP contribution in [0.4, 0.5) is 17.1 Å². The highest BCUT2D eigenvalue weighted by atomic mass is 16.6. The van der Waals surface area contributed by atoms with Crippen molar-refractivity contribution in [2.75, 3.05) is 23.9 Å². The Morgan fingerprint density at radius 1 is 1.29 bits per heavy atom. The van der Waals surface area contributed by atoms with Crippen LogP contribution in [0.25, 0.3) is 6.08 Å². The number of nitro groups is 1. The number of hydrogen-bond acceptors (Lipinski definition) is 5. The molecule has 1 fully saturated rings. The Morgan fingerprint density at radius 2 is 2.11 bits per heavy atom. The number of anilines is 2. The number of nitrogens with one attached hydrogen (secondary N) is 1. The van der Waals surface area contributed by atoms with Crippen LogP contribution < -0.4 is 15.0 Å². The summed E-state index contributed by atoms with van der Waals surface area (Å²) >= 11 is 0. The van der Waals surface area contributed by atoms with Crippen molar-refractivity contribution in [3.8, 4) is 5.75 Å². The minimum atomic E-state index is -0.490. The minimum absolute atomic E-state index is 0.0423. The monoisotopic (exact) mass is 381 g/mol. The molecule has 1 saturated heterocycles. The third kappa shape index (κ3) is 4.35. The third-order valence-corrected chi connectivity index (χ3v) is 4.32. The molecule has 0 radical (unpaired) electrons. The molecule has 1 heterocycles. The van der Waals surface area contributed by atoms with Crippen molar-refractivity contribution in [3.05, 3.63) is 64.2 Å². The lowest BCUT2D eigenvalue weighted by Crippen LogP contribution is -2.24. The zero-order chi connectivity index (χ0) is 20.1. The van der Waals surface area contributed by atoms with E-state index in [4.69, 9.17) is 4.74 Å². The summed E-state index contributed by atoms with van der Waals surface area (Å²) in [6, 6.07) is 11.1. The van der Waals surface area contributed by atoms with Crippen molar-refractivity contribution in [1.29, 1.82) is 0 Å². The van der Waals surface area contributed by atoms with Gasteiger partial charge in [-0.25, -0.2) is 0 Å². The molecule has 8 heteroatoms. The topological polar surface area (TPSA) is 102 Å². The van der Waals surface area contributed by atoms with Crippen LogP contribution >= 0.6 is 0 Å². The van der Waals surface area contributed by atoms with E-state index in [1.807, 2.05) is 0 Å². The van der Waals surface area contributed by atoms with Crippen LogP contribution in [0.3, 0.4) is 0 Å². The molecule has 0 atom stereocenters. The molecule has 0 saturated carbocycles. The maximum absolute atomic E-state index is 12.2. The summed E-state index contributed by atoms with van der Waals surface area (Å²) in [6.07, 6.45) is 4.12. The van der Waals surface area contributed by atoms with Gasteiger partial charge in [0.25, 0.3) is 5.69 Å². The van der Waals surface area contributed by atoms with E-state index in [2.05, 4.69) is 5.32 Å².